The van der Waals surface area contributed by atoms with Crippen molar-refractivity contribution in [1.82, 2.24) is 30.5 Å². The lowest BCUT2D eigenvalue weighted by Crippen LogP contribution is -2.63. The molecule has 28 heteroatoms. The van der Waals surface area contributed by atoms with Crippen molar-refractivity contribution in [2.24, 2.45) is 17.6 Å². The minimum absolute atomic E-state index is 0.0106. The Kier molecular flexibility index (Phi) is 24.7. The molecule has 0 spiro atoms. The topological polar surface area (TPSA) is 363 Å². The number of hydrogen-bond donors (Lipinski definition) is 7. The van der Waals surface area contributed by atoms with Crippen molar-refractivity contribution >= 4 is 75.1 Å². The molecule has 0 saturated carbocycles. The number of esters is 1. The number of aliphatic hydroxyl groups is 1. The van der Waals surface area contributed by atoms with Crippen LogP contribution in [0, 0.1) is 18.8 Å². The lowest BCUT2D eigenvalue weighted by atomic mass is 9.83. The number of methoxy groups -OCH3 is 2. The first-order valence-corrected chi connectivity index (χ1v) is 31.6. The molecule has 2 fully saturated rings. The molecular weight excluding hydrogens is 1190 g/mol. The second kappa shape index (κ2) is 31.2. The number of nitrogens with zero attached hydrogens (tertiary/aromatic N) is 3. The van der Waals surface area contributed by atoms with Crippen LogP contribution in [0.1, 0.15) is 110 Å². The van der Waals surface area contributed by atoms with E-state index in [0.29, 0.717) is 48.2 Å². The summed E-state index contributed by atoms with van der Waals surface area (Å²) < 4.78 is 64.1. The minimum Gasteiger partial charge on any atom is -0.496 e. The highest BCUT2D eigenvalue weighted by Crippen LogP contribution is 2.49. The van der Waals surface area contributed by atoms with Crippen LogP contribution in [-0.2, 0) is 75.5 Å². The van der Waals surface area contributed by atoms with Gasteiger partial charge in [-0.2, -0.15) is 0 Å². The van der Waals surface area contributed by atoms with Gasteiger partial charge in [0.1, 0.15) is 54.4 Å². The lowest BCUT2D eigenvalue weighted by molar-refractivity contribution is -0.158. The Morgan fingerprint density at radius 2 is 1.63 bits per heavy atom. The number of rotatable bonds is 25. The van der Waals surface area contributed by atoms with E-state index >= 15 is 0 Å². The number of primary amides is 1. The highest BCUT2D eigenvalue weighted by Gasteiger charge is 2.64. The molecule has 7 unspecified atom stereocenters. The van der Waals surface area contributed by atoms with E-state index in [2.05, 4.69) is 26.0 Å². The van der Waals surface area contributed by atoms with E-state index in [-0.39, 0.29) is 75.1 Å². The smallest absolute Gasteiger partial charge is 0.410 e. The first-order chi connectivity index (χ1) is 42.4. The monoisotopic (exact) mass is 1280 g/mol. The Bertz CT molecular complexity index is 3180. The number of nitrogens with two attached hydrogens (primary N) is 1. The molecule has 0 aromatic heterocycles. The number of carbonyl (C=O) groups is 9. The van der Waals surface area contributed by atoms with Crippen molar-refractivity contribution in [2.75, 3.05) is 57.4 Å². The molecule has 0 aliphatic carbocycles. The molecular formula is C62H87N9O18S. The molecule has 0 radical (unpaired) electrons. The average Bonchev–Trinajstić information content (AvgIpc) is 1.57. The molecule has 10 atom stereocenters. The second-order valence-electron chi connectivity index (χ2n) is 23.8. The third-order valence-electron chi connectivity index (χ3n) is 16.6. The zero-order chi connectivity index (χ0) is 66.4. The van der Waals surface area contributed by atoms with Crippen LogP contribution in [0.4, 0.5) is 25.8 Å². The molecule has 2 aromatic rings. The molecule has 2 saturated heterocycles. The SMILES string of the molecule is COc1cc2cc(c1C)N(C)C(=O)CC(OC(=O)[C@H](C)N(C)C(=O)OCc1ccc(NC(=O)[C@H](CCCNC(N)=O)NC(=O)[C@@H](NS(=O)(=O)CCCCCCN3C(=O)C=CC3=O)C(C)C)cc1)C1(C)OC1C(C)C1CC(O)(NC(=O)O1)C(OC)/C=C/C=C(\C)C2. The summed E-state index contributed by atoms with van der Waals surface area (Å²) in [4.78, 5) is 122. The Morgan fingerprint density at radius 3 is 2.28 bits per heavy atom. The Labute approximate surface area is 525 Å². The van der Waals surface area contributed by atoms with Crippen LogP contribution in [0.15, 0.2) is 72.4 Å². The van der Waals surface area contributed by atoms with Crippen LogP contribution in [0.3, 0.4) is 0 Å². The van der Waals surface area contributed by atoms with E-state index in [0.717, 1.165) is 20.9 Å². The summed E-state index contributed by atoms with van der Waals surface area (Å²) in [6.45, 7) is 11.9. The van der Waals surface area contributed by atoms with E-state index in [1.807, 2.05) is 32.1 Å². The normalized spacial score (nSPS) is 24.7. The number of anilines is 2. The van der Waals surface area contributed by atoms with Crippen LogP contribution < -0.4 is 41.4 Å². The maximum Gasteiger partial charge on any atom is 0.410 e. The van der Waals surface area contributed by atoms with Crippen molar-refractivity contribution in [3.63, 3.8) is 0 Å². The van der Waals surface area contributed by atoms with Gasteiger partial charge in [0.2, 0.25) is 27.7 Å². The second-order valence-corrected chi connectivity index (χ2v) is 25.7. The van der Waals surface area contributed by atoms with Gasteiger partial charge < -0.3 is 60.1 Å². The van der Waals surface area contributed by atoms with Crippen molar-refractivity contribution in [3.05, 3.63) is 89.0 Å². The standard InChI is InChI=1S/C62H87N9O18S/c1-36(2)53(68-90(82,83)29-15-13-12-14-28-71-50(72)25-26-51(71)73)56(76)66-44(19-17-27-64-58(63)78)55(75)65-43-23-21-41(22-24-43)35-86-60(80)69(8)40(6)57(77)88-49-33-52(74)70(9)45-31-42(32-46(84-10)38(45)4)30-37(3)18-16-20-48(85-11)62(81)34-47(87-59(79)67-62)39(5)54-61(49,7)89-54/h16,18,20-26,31-32,36,39-40,44,47-49,53-54,68,81H,12-15,17,19,27-30,33-35H2,1-11H3,(H,65,75)(H,66,76)(H,67,79)(H3,63,64,78)/b20-16+,37-18+/t39?,40-,44-,47?,48?,49?,53-,54?,61?,62?/m0/s1. The predicted molar refractivity (Wildman–Crippen MR) is 330 cm³/mol. The van der Waals surface area contributed by atoms with Gasteiger partial charge in [0.25, 0.3) is 11.8 Å². The number of unbranched alkanes of at least 4 members (excludes halogenated alkanes) is 3. The fraction of sp³-hybridized carbons (Fsp3) is 0.565. The third kappa shape index (κ3) is 18.8. The molecule has 4 heterocycles. The molecule has 4 aliphatic rings. The van der Waals surface area contributed by atoms with Gasteiger partial charge in [0, 0.05) is 70.0 Å². The fourth-order valence-electron chi connectivity index (χ4n) is 10.9. The summed E-state index contributed by atoms with van der Waals surface area (Å²) in [5.41, 5.74) is 5.69. The molecule has 4 bridgehead atoms. The molecule has 6 rings (SSSR count). The average molecular weight is 1280 g/mol. The van der Waals surface area contributed by atoms with Crippen molar-refractivity contribution in [3.8, 4) is 5.75 Å². The highest BCUT2D eigenvalue weighted by atomic mass is 32.2. The molecule has 27 nitrogen and oxygen atoms in total. The Morgan fingerprint density at radius 1 is 0.956 bits per heavy atom. The summed E-state index contributed by atoms with van der Waals surface area (Å²) in [6, 6.07) is 5.38. The molecule has 4 aliphatic heterocycles. The van der Waals surface area contributed by atoms with Gasteiger partial charge in [0.15, 0.2) is 5.72 Å². The number of sulfonamides is 1. The number of allylic oxidation sites excluding steroid dienone is 3. The largest absolute Gasteiger partial charge is 0.496 e. The van der Waals surface area contributed by atoms with Gasteiger partial charge in [-0.15, -0.1) is 0 Å². The van der Waals surface area contributed by atoms with E-state index in [1.165, 1.54) is 57.4 Å². The van der Waals surface area contributed by atoms with Crippen LogP contribution in [-0.4, -0.2) is 178 Å². The van der Waals surface area contributed by atoms with Crippen molar-refractivity contribution in [2.45, 2.75) is 167 Å². The molecule has 8 N–H and O–H groups in total. The zero-order valence-electron chi connectivity index (χ0n) is 53.0. The zero-order valence-corrected chi connectivity index (χ0v) is 53.8. The molecule has 494 valence electrons. The van der Waals surface area contributed by atoms with Crippen LogP contribution in [0.5, 0.6) is 5.75 Å². The first-order valence-electron chi connectivity index (χ1n) is 30.0. The summed E-state index contributed by atoms with van der Waals surface area (Å²) in [5, 5.41) is 22.2. The minimum atomic E-state index is -3.99. The van der Waals surface area contributed by atoms with Gasteiger partial charge in [-0.3, -0.25) is 39.1 Å². The third-order valence-corrected chi connectivity index (χ3v) is 18.1. The van der Waals surface area contributed by atoms with Crippen molar-refractivity contribution in [1.29, 1.82) is 0 Å². The Hall–Kier alpha value is -7.92. The number of benzene rings is 2. The fourth-order valence-corrected chi connectivity index (χ4v) is 12.4. The number of likely N-dealkylation sites (N-methyl/N-ethyl adjacent to an activating group) is 1. The molecule has 9 amide bonds. The number of hydrogen-bond acceptors (Lipinski definition) is 18. The summed E-state index contributed by atoms with van der Waals surface area (Å²) in [7, 11) is 1.88. The maximum absolute atomic E-state index is 14.5. The number of nitrogens with one attached hydrogen (secondary N) is 5. The Balaban J connectivity index is 1.09. The highest BCUT2D eigenvalue weighted by molar-refractivity contribution is 7.89. The van der Waals surface area contributed by atoms with Crippen LogP contribution in [0.2, 0.25) is 0 Å². The van der Waals surface area contributed by atoms with E-state index in [4.69, 9.17) is 34.2 Å². The van der Waals surface area contributed by atoms with Crippen LogP contribution in [0.25, 0.3) is 0 Å². The van der Waals surface area contributed by atoms with Gasteiger partial charge in [-0.1, -0.05) is 69.5 Å². The number of amides is 9. The van der Waals surface area contributed by atoms with Gasteiger partial charge in [-0.05, 0) is 101 Å². The number of carbonyl (C=O) groups excluding carboxylic acids is 9. The summed E-state index contributed by atoms with van der Waals surface area (Å²) in [5.74, 6) is -4.50. The van der Waals surface area contributed by atoms with E-state index in [1.54, 1.807) is 59.0 Å². The van der Waals surface area contributed by atoms with Gasteiger partial charge in [0.05, 0.1) is 31.1 Å². The van der Waals surface area contributed by atoms with Gasteiger partial charge in [-0.25, -0.2) is 32.3 Å². The number of urea groups is 1. The molecule has 2 aromatic carbocycles. The number of fused-ring (bicyclic) bond motifs is 5. The first kappa shape index (κ1) is 71.2. The number of ether oxygens (including phenoxy) is 6. The van der Waals surface area contributed by atoms with Gasteiger partial charge >= 0.3 is 24.2 Å². The quantitative estimate of drug-likeness (QED) is 0.0240. The number of imide groups is 1. The summed E-state index contributed by atoms with van der Waals surface area (Å²) in [6.07, 6.45) is 3.76. The van der Waals surface area contributed by atoms with E-state index < -0.39 is 118 Å². The maximum atomic E-state index is 14.5. The molecule has 90 heavy (non-hydrogen) atoms. The lowest BCUT2D eigenvalue weighted by Gasteiger charge is -2.42. The summed E-state index contributed by atoms with van der Waals surface area (Å²) >= 11 is 0. The van der Waals surface area contributed by atoms with E-state index in [9.17, 15) is 56.7 Å². The van der Waals surface area contributed by atoms with Crippen LogP contribution >= 0.6 is 0 Å². The number of epoxide rings is 1. The number of alkyl carbamates (subject to hydrolysis) is 1. The van der Waals surface area contributed by atoms with Crippen molar-refractivity contribution < 1.29 is 85.1 Å². The predicted octanol–water partition coefficient (Wildman–Crippen LogP) is 4.28.